The molecule has 1 aromatic carbocycles. The van der Waals surface area contributed by atoms with E-state index >= 15 is 0 Å². The van der Waals surface area contributed by atoms with Gasteiger partial charge in [-0.2, -0.15) is 0 Å². The molecule has 0 saturated heterocycles. The normalized spacial score (nSPS) is 18.4. The summed E-state index contributed by atoms with van der Waals surface area (Å²) in [6.45, 7) is 3.37. The highest BCUT2D eigenvalue weighted by molar-refractivity contribution is 7.89. The Labute approximate surface area is 127 Å². The van der Waals surface area contributed by atoms with Crippen molar-refractivity contribution in [3.63, 3.8) is 0 Å². The summed E-state index contributed by atoms with van der Waals surface area (Å²) in [6.07, 6.45) is 5.76. The summed E-state index contributed by atoms with van der Waals surface area (Å²) in [6, 6.07) is 6.14. The zero-order valence-electron chi connectivity index (χ0n) is 12.6. The Morgan fingerprint density at radius 1 is 1.24 bits per heavy atom. The van der Waals surface area contributed by atoms with Gasteiger partial charge >= 0.3 is 0 Å². The highest BCUT2D eigenvalue weighted by Crippen LogP contribution is 2.27. The fraction of sp³-hybridized carbons (Fsp3) is 0.562. The number of sulfonamides is 1. The van der Waals surface area contributed by atoms with E-state index < -0.39 is 10.0 Å². The van der Waals surface area contributed by atoms with Gasteiger partial charge in [0.05, 0.1) is 4.90 Å². The second-order valence-electron chi connectivity index (χ2n) is 5.89. The average Bonchev–Trinajstić information content (AvgIpc) is 2.48. The number of hydrogen-bond acceptors (Lipinski definition) is 3. The van der Waals surface area contributed by atoms with Gasteiger partial charge in [0.15, 0.2) is 5.78 Å². The maximum Gasteiger partial charge on any atom is 0.240 e. The highest BCUT2D eigenvalue weighted by Gasteiger charge is 2.25. The van der Waals surface area contributed by atoms with E-state index in [2.05, 4.69) is 4.72 Å². The molecule has 1 unspecified atom stereocenters. The molecule has 0 amide bonds. The molecule has 4 nitrogen and oxygen atoms in total. The molecule has 0 radical (unpaired) electrons. The highest BCUT2D eigenvalue weighted by atomic mass is 32.2. The summed E-state index contributed by atoms with van der Waals surface area (Å²) in [5, 5.41) is 0. The number of rotatable bonds is 5. The molecule has 0 bridgehead atoms. The van der Waals surface area contributed by atoms with Crippen LogP contribution in [0.4, 0.5) is 0 Å². The molecular weight excluding hydrogens is 286 g/mol. The molecule has 0 heterocycles. The van der Waals surface area contributed by atoms with E-state index in [-0.39, 0.29) is 16.7 Å². The molecule has 5 heteroatoms. The SMILES string of the molecule is CC(=O)c1cccc(S(=O)(=O)NC(C)C2CCCCC2)c1. The molecule has 1 aliphatic carbocycles. The Bertz CT molecular complexity index is 604. The third kappa shape index (κ3) is 4.14. The Balaban J connectivity index is 2.14. The molecule has 0 aromatic heterocycles. The summed E-state index contributed by atoms with van der Waals surface area (Å²) in [7, 11) is -3.57. The first-order chi connectivity index (χ1) is 9.90. The second-order valence-corrected chi connectivity index (χ2v) is 7.61. The van der Waals surface area contributed by atoms with Crippen molar-refractivity contribution in [3.05, 3.63) is 29.8 Å². The van der Waals surface area contributed by atoms with Crippen molar-refractivity contribution in [1.82, 2.24) is 4.72 Å². The van der Waals surface area contributed by atoms with Crippen LogP contribution in [0.1, 0.15) is 56.3 Å². The van der Waals surface area contributed by atoms with Gasteiger partial charge in [-0.1, -0.05) is 31.4 Å². The van der Waals surface area contributed by atoms with Crippen LogP contribution in [0.5, 0.6) is 0 Å². The maximum atomic E-state index is 12.4. The lowest BCUT2D eigenvalue weighted by atomic mass is 9.85. The summed E-state index contributed by atoms with van der Waals surface area (Å²) in [5.41, 5.74) is 0.420. The molecule has 0 spiro atoms. The molecule has 1 N–H and O–H groups in total. The zero-order chi connectivity index (χ0) is 15.5. The van der Waals surface area contributed by atoms with Crippen LogP contribution in [0.2, 0.25) is 0 Å². The van der Waals surface area contributed by atoms with Gasteiger partial charge in [-0.3, -0.25) is 4.79 Å². The average molecular weight is 309 g/mol. The van der Waals surface area contributed by atoms with Crippen LogP contribution >= 0.6 is 0 Å². The van der Waals surface area contributed by atoms with Gasteiger partial charge in [-0.25, -0.2) is 13.1 Å². The first kappa shape index (κ1) is 16.2. The Morgan fingerprint density at radius 3 is 2.52 bits per heavy atom. The largest absolute Gasteiger partial charge is 0.295 e. The van der Waals surface area contributed by atoms with Crippen molar-refractivity contribution in [2.24, 2.45) is 5.92 Å². The lowest BCUT2D eigenvalue weighted by Gasteiger charge is -2.28. The Morgan fingerprint density at radius 2 is 1.90 bits per heavy atom. The van der Waals surface area contributed by atoms with Gasteiger partial charge in [0, 0.05) is 11.6 Å². The fourth-order valence-electron chi connectivity index (χ4n) is 2.93. The second kappa shape index (κ2) is 6.71. The van der Waals surface area contributed by atoms with Gasteiger partial charge in [0.25, 0.3) is 0 Å². The van der Waals surface area contributed by atoms with Crippen LogP contribution in [0, 0.1) is 5.92 Å². The molecule has 0 aliphatic heterocycles. The Kier molecular flexibility index (Phi) is 5.17. The quantitative estimate of drug-likeness (QED) is 0.850. The van der Waals surface area contributed by atoms with Gasteiger partial charge < -0.3 is 0 Å². The number of carbonyl (C=O) groups is 1. The van der Waals surface area contributed by atoms with E-state index in [9.17, 15) is 13.2 Å². The molecule has 2 rings (SSSR count). The van der Waals surface area contributed by atoms with Gasteiger partial charge in [-0.15, -0.1) is 0 Å². The van der Waals surface area contributed by atoms with Gasteiger partial charge in [-0.05, 0) is 44.7 Å². The Hall–Kier alpha value is -1.20. The van der Waals surface area contributed by atoms with E-state index in [1.807, 2.05) is 6.92 Å². The number of hydrogen-bond donors (Lipinski definition) is 1. The van der Waals surface area contributed by atoms with E-state index in [4.69, 9.17) is 0 Å². The van der Waals surface area contributed by atoms with E-state index in [1.54, 1.807) is 12.1 Å². The number of ketones is 1. The first-order valence-electron chi connectivity index (χ1n) is 7.53. The maximum absolute atomic E-state index is 12.4. The number of benzene rings is 1. The molecular formula is C16H23NO3S. The summed E-state index contributed by atoms with van der Waals surface area (Å²) >= 11 is 0. The zero-order valence-corrected chi connectivity index (χ0v) is 13.4. The molecule has 21 heavy (non-hydrogen) atoms. The standard InChI is InChI=1S/C16H23NO3S/c1-12(14-7-4-3-5-8-14)17-21(19,20)16-10-6-9-15(11-16)13(2)18/h6,9-12,14,17H,3-5,7-8H2,1-2H3. The minimum Gasteiger partial charge on any atom is -0.295 e. The van der Waals surface area contributed by atoms with Gasteiger partial charge in [0.2, 0.25) is 10.0 Å². The topological polar surface area (TPSA) is 63.2 Å². The van der Waals surface area contributed by atoms with Crippen LogP contribution in [-0.4, -0.2) is 20.2 Å². The van der Waals surface area contributed by atoms with Crippen molar-refractivity contribution in [3.8, 4) is 0 Å². The fourth-order valence-corrected chi connectivity index (χ4v) is 4.28. The predicted molar refractivity (Wildman–Crippen MR) is 82.8 cm³/mol. The van der Waals surface area contributed by atoms with Crippen LogP contribution < -0.4 is 4.72 Å². The van der Waals surface area contributed by atoms with Crippen molar-refractivity contribution < 1.29 is 13.2 Å². The van der Waals surface area contributed by atoms with Crippen LogP contribution in [0.3, 0.4) is 0 Å². The molecule has 1 saturated carbocycles. The summed E-state index contributed by atoms with van der Waals surface area (Å²) < 4.78 is 27.6. The van der Waals surface area contributed by atoms with Crippen LogP contribution in [-0.2, 0) is 10.0 Å². The van der Waals surface area contributed by atoms with Gasteiger partial charge in [0.1, 0.15) is 0 Å². The smallest absolute Gasteiger partial charge is 0.240 e. The van der Waals surface area contributed by atoms with Crippen molar-refractivity contribution >= 4 is 15.8 Å². The summed E-state index contributed by atoms with van der Waals surface area (Å²) in [5.74, 6) is 0.275. The van der Waals surface area contributed by atoms with Crippen molar-refractivity contribution in [2.45, 2.75) is 56.9 Å². The number of Topliss-reactive ketones (excluding diaryl/α,β-unsaturated/α-hetero) is 1. The monoisotopic (exact) mass is 309 g/mol. The van der Waals surface area contributed by atoms with E-state index in [0.717, 1.165) is 12.8 Å². The van der Waals surface area contributed by atoms with E-state index in [1.165, 1.54) is 38.3 Å². The predicted octanol–water partition coefficient (Wildman–Crippen LogP) is 3.14. The lowest BCUT2D eigenvalue weighted by molar-refractivity contribution is 0.101. The van der Waals surface area contributed by atoms with Crippen LogP contribution in [0.25, 0.3) is 0 Å². The minimum absolute atomic E-state index is 0.0729. The molecule has 1 fully saturated rings. The van der Waals surface area contributed by atoms with Crippen LogP contribution in [0.15, 0.2) is 29.2 Å². The molecule has 1 atom stereocenters. The van der Waals surface area contributed by atoms with Crippen molar-refractivity contribution in [1.29, 1.82) is 0 Å². The third-order valence-electron chi connectivity index (χ3n) is 4.25. The number of nitrogens with one attached hydrogen (secondary N) is 1. The summed E-state index contributed by atoms with van der Waals surface area (Å²) in [4.78, 5) is 11.5. The van der Waals surface area contributed by atoms with Crippen molar-refractivity contribution in [2.75, 3.05) is 0 Å². The minimum atomic E-state index is -3.57. The third-order valence-corrected chi connectivity index (χ3v) is 5.81. The van der Waals surface area contributed by atoms with E-state index in [0.29, 0.717) is 11.5 Å². The number of carbonyl (C=O) groups excluding carboxylic acids is 1. The first-order valence-corrected chi connectivity index (χ1v) is 9.02. The molecule has 1 aliphatic rings. The molecule has 1 aromatic rings. The molecule has 116 valence electrons. The lowest BCUT2D eigenvalue weighted by Crippen LogP contribution is -2.38.